The first-order valence-electron chi connectivity index (χ1n) is 3.27. The third kappa shape index (κ3) is 2.16. The summed E-state index contributed by atoms with van der Waals surface area (Å²) in [7, 11) is 0. The highest BCUT2D eigenvalue weighted by molar-refractivity contribution is 5.85. The topological polar surface area (TPSA) is 34.2 Å². The lowest BCUT2D eigenvalue weighted by Crippen LogP contribution is -2.17. The van der Waals surface area contributed by atoms with Crippen LogP contribution >= 0.6 is 24.8 Å². The van der Waals surface area contributed by atoms with Gasteiger partial charge in [0, 0.05) is 18.8 Å². The summed E-state index contributed by atoms with van der Waals surface area (Å²) in [5.41, 5.74) is 0.994. The summed E-state index contributed by atoms with van der Waals surface area (Å²) < 4.78 is 5.32. The molecule has 1 aromatic rings. The Morgan fingerprint density at radius 2 is 2.25 bits per heavy atom. The summed E-state index contributed by atoms with van der Waals surface area (Å²) in [5.74, 6) is 0.904. The third-order valence-electron chi connectivity index (χ3n) is 1.46. The van der Waals surface area contributed by atoms with Gasteiger partial charge in [0.25, 0.3) is 0 Å². The zero-order valence-corrected chi connectivity index (χ0v) is 7.95. The standard InChI is InChI=1S/C7H8N2O.2ClH/c1-2-8-5-6-7(1)10-4-3-9-6;;/h1-2,5,9H,3-4H2;2*1H. The Hall–Kier alpha value is -0.670. The van der Waals surface area contributed by atoms with Gasteiger partial charge in [-0.2, -0.15) is 0 Å². The largest absolute Gasteiger partial charge is 0.489 e. The Labute approximate surface area is 83.3 Å². The molecule has 0 fully saturated rings. The molecule has 1 aromatic heterocycles. The van der Waals surface area contributed by atoms with Crippen LogP contribution in [0.4, 0.5) is 5.69 Å². The molecule has 0 radical (unpaired) electrons. The number of pyridine rings is 1. The van der Waals surface area contributed by atoms with Crippen molar-refractivity contribution in [2.75, 3.05) is 18.5 Å². The summed E-state index contributed by atoms with van der Waals surface area (Å²) in [6, 6.07) is 1.86. The number of nitrogens with zero attached hydrogens (tertiary/aromatic N) is 1. The molecule has 0 atom stereocenters. The number of hydrogen-bond donors (Lipinski definition) is 1. The smallest absolute Gasteiger partial charge is 0.145 e. The van der Waals surface area contributed by atoms with Crippen molar-refractivity contribution in [1.29, 1.82) is 0 Å². The first-order valence-corrected chi connectivity index (χ1v) is 3.27. The summed E-state index contributed by atoms with van der Waals surface area (Å²) in [6.07, 6.45) is 3.50. The Morgan fingerprint density at radius 3 is 3.00 bits per heavy atom. The average molecular weight is 209 g/mol. The van der Waals surface area contributed by atoms with Crippen LogP contribution in [0.1, 0.15) is 0 Å². The van der Waals surface area contributed by atoms with E-state index in [9.17, 15) is 0 Å². The third-order valence-corrected chi connectivity index (χ3v) is 1.46. The molecule has 0 spiro atoms. The van der Waals surface area contributed by atoms with Crippen LogP contribution in [0.5, 0.6) is 5.75 Å². The second kappa shape index (κ2) is 5.06. The van der Waals surface area contributed by atoms with Crippen LogP contribution in [-0.2, 0) is 0 Å². The number of aromatic nitrogens is 1. The number of nitrogens with one attached hydrogen (secondary N) is 1. The van der Waals surface area contributed by atoms with Gasteiger partial charge in [-0.3, -0.25) is 4.98 Å². The normalized spacial score (nSPS) is 12.3. The predicted octanol–water partition coefficient (Wildman–Crippen LogP) is 1.73. The second-order valence-electron chi connectivity index (χ2n) is 2.15. The van der Waals surface area contributed by atoms with Crippen molar-refractivity contribution in [3.05, 3.63) is 18.5 Å². The minimum Gasteiger partial charge on any atom is -0.489 e. The second-order valence-corrected chi connectivity index (χ2v) is 2.15. The van der Waals surface area contributed by atoms with Crippen molar-refractivity contribution in [3.8, 4) is 5.75 Å². The van der Waals surface area contributed by atoms with Gasteiger partial charge in [0.15, 0.2) is 0 Å². The van der Waals surface area contributed by atoms with Crippen LogP contribution < -0.4 is 10.1 Å². The van der Waals surface area contributed by atoms with E-state index in [0.29, 0.717) is 0 Å². The first-order chi connectivity index (χ1) is 4.97. The Kier molecular flexibility index (Phi) is 4.78. The van der Waals surface area contributed by atoms with E-state index in [2.05, 4.69) is 10.3 Å². The highest BCUT2D eigenvalue weighted by Crippen LogP contribution is 2.24. The Bertz CT molecular complexity index is 220. The summed E-state index contributed by atoms with van der Waals surface area (Å²) >= 11 is 0. The van der Waals surface area contributed by atoms with Crippen LogP contribution in [0.15, 0.2) is 18.5 Å². The molecule has 0 saturated carbocycles. The molecular formula is C7H10Cl2N2O. The number of fused-ring (bicyclic) bond motifs is 1. The van der Waals surface area contributed by atoms with Crippen LogP contribution in [0.2, 0.25) is 0 Å². The minimum absolute atomic E-state index is 0. The maximum atomic E-state index is 5.32. The van der Waals surface area contributed by atoms with Gasteiger partial charge in [-0.05, 0) is 0 Å². The predicted molar refractivity (Wildman–Crippen MR) is 52.7 cm³/mol. The monoisotopic (exact) mass is 208 g/mol. The Morgan fingerprint density at radius 1 is 1.42 bits per heavy atom. The van der Waals surface area contributed by atoms with Gasteiger partial charge in [-0.25, -0.2) is 0 Å². The SMILES string of the molecule is Cl.Cl.c1cc2c(cn1)NCCO2. The van der Waals surface area contributed by atoms with Crippen LogP contribution in [0.25, 0.3) is 0 Å². The van der Waals surface area contributed by atoms with E-state index in [4.69, 9.17) is 4.74 Å². The van der Waals surface area contributed by atoms with Crippen molar-refractivity contribution < 1.29 is 4.74 Å². The number of halogens is 2. The molecule has 0 bridgehead atoms. The molecule has 1 N–H and O–H groups in total. The quantitative estimate of drug-likeness (QED) is 0.706. The zero-order valence-electron chi connectivity index (χ0n) is 6.32. The zero-order chi connectivity index (χ0) is 6.81. The average Bonchev–Trinajstić information content (AvgIpc) is 2.05. The van der Waals surface area contributed by atoms with E-state index >= 15 is 0 Å². The fourth-order valence-corrected chi connectivity index (χ4v) is 0.987. The maximum Gasteiger partial charge on any atom is 0.145 e. The molecule has 2 heterocycles. The van der Waals surface area contributed by atoms with Gasteiger partial charge in [0.05, 0.1) is 11.9 Å². The van der Waals surface area contributed by atoms with Crippen LogP contribution in [0.3, 0.4) is 0 Å². The minimum atomic E-state index is 0. The molecule has 0 unspecified atom stereocenters. The van der Waals surface area contributed by atoms with Crippen molar-refractivity contribution in [3.63, 3.8) is 0 Å². The molecule has 1 aliphatic rings. The molecule has 12 heavy (non-hydrogen) atoms. The lowest BCUT2D eigenvalue weighted by molar-refractivity contribution is 0.323. The van der Waals surface area contributed by atoms with Gasteiger partial charge < -0.3 is 10.1 Å². The molecule has 2 rings (SSSR count). The fourth-order valence-electron chi connectivity index (χ4n) is 0.987. The number of anilines is 1. The van der Waals surface area contributed by atoms with E-state index in [1.807, 2.05) is 6.07 Å². The van der Waals surface area contributed by atoms with E-state index < -0.39 is 0 Å². The van der Waals surface area contributed by atoms with Crippen LogP contribution in [0, 0.1) is 0 Å². The maximum absolute atomic E-state index is 5.32. The molecular weight excluding hydrogens is 199 g/mol. The van der Waals surface area contributed by atoms with E-state index in [-0.39, 0.29) is 24.8 Å². The van der Waals surface area contributed by atoms with Crippen molar-refractivity contribution in [1.82, 2.24) is 4.98 Å². The lowest BCUT2D eigenvalue weighted by Gasteiger charge is -2.17. The molecule has 3 nitrogen and oxygen atoms in total. The molecule has 0 aliphatic carbocycles. The molecule has 0 aromatic carbocycles. The lowest BCUT2D eigenvalue weighted by atomic mass is 10.3. The number of rotatable bonds is 0. The van der Waals surface area contributed by atoms with E-state index in [0.717, 1.165) is 24.6 Å². The Balaban J connectivity index is 0.000000605. The first kappa shape index (κ1) is 11.3. The van der Waals surface area contributed by atoms with Crippen molar-refractivity contribution in [2.24, 2.45) is 0 Å². The highest BCUT2D eigenvalue weighted by Gasteiger charge is 2.06. The van der Waals surface area contributed by atoms with Crippen molar-refractivity contribution in [2.45, 2.75) is 0 Å². The summed E-state index contributed by atoms with van der Waals surface area (Å²) in [6.45, 7) is 1.62. The molecule has 0 saturated heterocycles. The molecule has 5 heteroatoms. The van der Waals surface area contributed by atoms with E-state index in [1.165, 1.54) is 0 Å². The fraction of sp³-hybridized carbons (Fsp3) is 0.286. The summed E-state index contributed by atoms with van der Waals surface area (Å²) in [5, 5.41) is 3.18. The van der Waals surface area contributed by atoms with Gasteiger partial charge in [0.1, 0.15) is 12.4 Å². The van der Waals surface area contributed by atoms with Crippen molar-refractivity contribution >= 4 is 30.5 Å². The van der Waals surface area contributed by atoms with Gasteiger partial charge >= 0.3 is 0 Å². The molecule has 0 amide bonds. The molecule has 68 valence electrons. The van der Waals surface area contributed by atoms with Gasteiger partial charge in [0.2, 0.25) is 0 Å². The van der Waals surface area contributed by atoms with E-state index in [1.54, 1.807) is 12.4 Å². The molecule has 1 aliphatic heterocycles. The van der Waals surface area contributed by atoms with Gasteiger partial charge in [-0.15, -0.1) is 24.8 Å². The van der Waals surface area contributed by atoms with Gasteiger partial charge in [-0.1, -0.05) is 0 Å². The number of ether oxygens (including phenoxy) is 1. The summed E-state index contributed by atoms with van der Waals surface area (Å²) in [4.78, 5) is 3.96. The highest BCUT2D eigenvalue weighted by atomic mass is 35.5. The number of hydrogen-bond acceptors (Lipinski definition) is 3. The van der Waals surface area contributed by atoms with Crippen LogP contribution in [-0.4, -0.2) is 18.1 Å².